The van der Waals surface area contributed by atoms with E-state index >= 15 is 0 Å². The molecule has 0 atom stereocenters. The van der Waals surface area contributed by atoms with Gasteiger partial charge in [-0.25, -0.2) is 4.68 Å². The molecule has 1 N–H and O–H groups in total. The second-order valence-electron chi connectivity index (χ2n) is 4.10. The lowest BCUT2D eigenvalue weighted by Gasteiger charge is -2.14. The highest BCUT2D eigenvalue weighted by atomic mass is 79.9. The second kappa shape index (κ2) is 5.33. The highest BCUT2D eigenvalue weighted by molar-refractivity contribution is 9.10. The van der Waals surface area contributed by atoms with Gasteiger partial charge in [-0.05, 0) is 41.9 Å². The molecule has 0 aliphatic rings. The number of hydrogen-bond acceptors (Lipinski definition) is 3. The standard InChI is InChI=1S/C13H13BrN4O/c1-4-7-17-13(19)12(14)11(8-15-17)16-18-9(2)5-6-10(18)3/h1,5-6,8,16H,7H2,2-3H3. The van der Waals surface area contributed by atoms with Gasteiger partial charge in [-0.3, -0.25) is 14.9 Å². The van der Waals surface area contributed by atoms with Crippen molar-refractivity contribution < 1.29 is 0 Å². The second-order valence-corrected chi connectivity index (χ2v) is 4.90. The molecule has 0 spiro atoms. The Kier molecular flexibility index (Phi) is 3.76. The zero-order chi connectivity index (χ0) is 14.0. The van der Waals surface area contributed by atoms with E-state index in [0.717, 1.165) is 11.4 Å². The number of nitrogens with zero attached hydrogens (tertiary/aromatic N) is 3. The molecule has 19 heavy (non-hydrogen) atoms. The number of nitrogens with one attached hydrogen (secondary N) is 1. The molecule has 0 radical (unpaired) electrons. The van der Waals surface area contributed by atoms with Gasteiger partial charge in [0.2, 0.25) is 0 Å². The topological polar surface area (TPSA) is 51.9 Å². The molecule has 0 unspecified atom stereocenters. The van der Waals surface area contributed by atoms with E-state index in [1.165, 1.54) is 4.68 Å². The van der Waals surface area contributed by atoms with E-state index in [1.807, 2.05) is 30.7 Å². The lowest BCUT2D eigenvalue weighted by atomic mass is 10.4. The van der Waals surface area contributed by atoms with E-state index in [-0.39, 0.29) is 12.1 Å². The summed E-state index contributed by atoms with van der Waals surface area (Å²) in [6.07, 6.45) is 6.75. The van der Waals surface area contributed by atoms with Crippen molar-refractivity contribution in [2.45, 2.75) is 20.4 Å². The van der Waals surface area contributed by atoms with Crippen molar-refractivity contribution in [2.24, 2.45) is 0 Å². The van der Waals surface area contributed by atoms with Crippen molar-refractivity contribution in [1.29, 1.82) is 0 Å². The Morgan fingerprint density at radius 3 is 2.63 bits per heavy atom. The van der Waals surface area contributed by atoms with Gasteiger partial charge >= 0.3 is 0 Å². The smallest absolute Gasteiger partial charge is 0.284 e. The highest BCUT2D eigenvalue weighted by Crippen LogP contribution is 2.18. The van der Waals surface area contributed by atoms with Crippen LogP contribution in [0.3, 0.4) is 0 Å². The van der Waals surface area contributed by atoms with Gasteiger partial charge < -0.3 is 0 Å². The first-order valence-corrected chi connectivity index (χ1v) is 6.45. The summed E-state index contributed by atoms with van der Waals surface area (Å²) in [6.45, 7) is 4.10. The van der Waals surface area contributed by atoms with Crippen molar-refractivity contribution in [3.8, 4) is 12.3 Å². The predicted molar refractivity (Wildman–Crippen MR) is 78.0 cm³/mol. The van der Waals surface area contributed by atoms with Gasteiger partial charge in [-0.15, -0.1) is 6.42 Å². The lowest BCUT2D eigenvalue weighted by Crippen LogP contribution is -2.25. The Morgan fingerprint density at radius 2 is 2.05 bits per heavy atom. The Labute approximate surface area is 119 Å². The van der Waals surface area contributed by atoms with Gasteiger partial charge in [-0.1, -0.05) is 5.92 Å². The number of hydrogen-bond donors (Lipinski definition) is 1. The molecule has 0 aliphatic heterocycles. The van der Waals surface area contributed by atoms with Crippen LogP contribution in [0.1, 0.15) is 11.4 Å². The molecule has 98 valence electrons. The normalized spacial score (nSPS) is 10.2. The van der Waals surface area contributed by atoms with E-state index in [4.69, 9.17) is 6.42 Å². The Hall–Kier alpha value is -2.00. The van der Waals surface area contributed by atoms with E-state index in [0.29, 0.717) is 10.2 Å². The van der Waals surface area contributed by atoms with Crippen molar-refractivity contribution in [3.63, 3.8) is 0 Å². The molecule has 2 aromatic heterocycles. The third kappa shape index (κ3) is 2.56. The summed E-state index contributed by atoms with van der Waals surface area (Å²) in [4.78, 5) is 12.0. The van der Waals surface area contributed by atoms with E-state index in [2.05, 4.69) is 32.4 Å². The van der Waals surface area contributed by atoms with Crippen LogP contribution in [-0.4, -0.2) is 14.5 Å². The summed E-state index contributed by atoms with van der Waals surface area (Å²) in [5.74, 6) is 2.39. The first kappa shape index (κ1) is 13.4. The first-order valence-electron chi connectivity index (χ1n) is 5.65. The number of aryl methyl sites for hydroxylation is 2. The first-order chi connectivity index (χ1) is 9.04. The zero-order valence-corrected chi connectivity index (χ0v) is 12.2. The quantitative estimate of drug-likeness (QED) is 0.879. The molecule has 2 aromatic rings. The molecular formula is C13H13BrN4O. The minimum absolute atomic E-state index is 0.152. The fourth-order valence-corrected chi connectivity index (χ4v) is 2.10. The fraction of sp³-hybridized carbons (Fsp3) is 0.231. The number of terminal acetylenes is 1. The van der Waals surface area contributed by atoms with Crippen LogP contribution in [0.25, 0.3) is 0 Å². The average molecular weight is 321 g/mol. The molecule has 0 aromatic carbocycles. The molecule has 2 heterocycles. The summed E-state index contributed by atoms with van der Waals surface area (Å²) >= 11 is 3.28. The minimum Gasteiger partial charge on any atom is -0.291 e. The molecule has 0 saturated heterocycles. The molecule has 5 nitrogen and oxygen atoms in total. The SMILES string of the molecule is C#CCn1ncc(Nn2c(C)ccc2C)c(Br)c1=O. The Balaban J connectivity index is 2.41. The van der Waals surface area contributed by atoms with Gasteiger partial charge in [0.25, 0.3) is 5.56 Å². The Bertz CT molecular complexity index is 689. The minimum atomic E-state index is -0.259. The average Bonchev–Trinajstić information content (AvgIpc) is 2.70. The molecule has 0 bridgehead atoms. The van der Waals surface area contributed by atoms with Crippen molar-refractivity contribution >= 4 is 21.6 Å². The third-order valence-electron chi connectivity index (χ3n) is 2.73. The fourth-order valence-electron chi connectivity index (χ4n) is 1.71. The van der Waals surface area contributed by atoms with Crippen molar-refractivity contribution in [1.82, 2.24) is 14.5 Å². The third-order valence-corrected chi connectivity index (χ3v) is 3.50. The zero-order valence-electron chi connectivity index (χ0n) is 10.6. The van der Waals surface area contributed by atoms with Crippen LogP contribution in [0.4, 0.5) is 5.69 Å². The van der Waals surface area contributed by atoms with Gasteiger partial charge in [0.15, 0.2) is 0 Å². The summed E-state index contributed by atoms with van der Waals surface area (Å²) in [5, 5.41) is 4.02. The van der Waals surface area contributed by atoms with E-state index < -0.39 is 0 Å². The molecule has 6 heteroatoms. The van der Waals surface area contributed by atoms with Crippen LogP contribution in [0.5, 0.6) is 0 Å². The van der Waals surface area contributed by atoms with E-state index in [9.17, 15) is 4.79 Å². The maximum Gasteiger partial charge on any atom is 0.284 e. The largest absolute Gasteiger partial charge is 0.291 e. The van der Waals surface area contributed by atoms with Gasteiger partial charge in [0.05, 0.1) is 11.9 Å². The monoisotopic (exact) mass is 320 g/mol. The number of rotatable bonds is 3. The molecule has 2 rings (SSSR count). The van der Waals surface area contributed by atoms with Crippen LogP contribution in [0, 0.1) is 26.2 Å². The van der Waals surface area contributed by atoms with Crippen LogP contribution < -0.4 is 11.0 Å². The number of anilines is 1. The van der Waals surface area contributed by atoms with Crippen molar-refractivity contribution in [3.05, 3.63) is 44.5 Å². The van der Waals surface area contributed by atoms with Crippen LogP contribution >= 0.6 is 15.9 Å². The summed E-state index contributed by atoms with van der Waals surface area (Å²) < 4.78 is 3.52. The summed E-state index contributed by atoms with van der Waals surface area (Å²) in [7, 11) is 0. The van der Waals surface area contributed by atoms with Crippen LogP contribution in [0.2, 0.25) is 0 Å². The van der Waals surface area contributed by atoms with Gasteiger partial charge in [0.1, 0.15) is 11.0 Å². The molecule has 0 fully saturated rings. The number of halogens is 1. The van der Waals surface area contributed by atoms with E-state index in [1.54, 1.807) is 6.20 Å². The highest BCUT2D eigenvalue weighted by Gasteiger charge is 2.10. The molecule has 0 amide bonds. The maximum atomic E-state index is 12.0. The van der Waals surface area contributed by atoms with Gasteiger partial charge in [0, 0.05) is 11.4 Å². The Morgan fingerprint density at radius 1 is 1.42 bits per heavy atom. The number of aromatic nitrogens is 3. The molecular weight excluding hydrogens is 308 g/mol. The molecule has 0 saturated carbocycles. The van der Waals surface area contributed by atoms with Crippen molar-refractivity contribution in [2.75, 3.05) is 5.43 Å². The maximum absolute atomic E-state index is 12.0. The predicted octanol–water partition coefficient (Wildman–Crippen LogP) is 1.93. The van der Waals surface area contributed by atoms with Gasteiger partial charge in [-0.2, -0.15) is 5.10 Å². The van der Waals surface area contributed by atoms with Crippen LogP contribution in [-0.2, 0) is 6.54 Å². The molecule has 0 aliphatic carbocycles. The summed E-state index contributed by atoms with van der Waals surface area (Å²) in [6, 6.07) is 3.98. The summed E-state index contributed by atoms with van der Waals surface area (Å²) in [5.41, 5.74) is 5.56. The van der Waals surface area contributed by atoms with Crippen LogP contribution in [0.15, 0.2) is 27.6 Å². The lowest BCUT2D eigenvalue weighted by molar-refractivity contribution is 0.658.